The van der Waals surface area contributed by atoms with Gasteiger partial charge in [-0.15, -0.1) is 13.2 Å². The van der Waals surface area contributed by atoms with Gasteiger partial charge in [0.25, 0.3) is 11.5 Å². The van der Waals surface area contributed by atoms with Crippen LogP contribution in [0, 0.1) is 5.92 Å². The van der Waals surface area contributed by atoms with E-state index in [1.54, 1.807) is 12.3 Å². The largest absolute Gasteiger partial charge is 0.573 e. The summed E-state index contributed by atoms with van der Waals surface area (Å²) < 4.78 is 42.5. The van der Waals surface area contributed by atoms with Gasteiger partial charge in [0.1, 0.15) is 11.4 Å². The number of carbonyl (C=O) groups excluding carboxylic acids is 2. The van der Waals surface area contributed by atoms with Gasteiger partial charge in [0.05, 0.1) is 0 Å². The van der Waals surface area contributed by atoms with Crippen molar-refractivity contribution in [3.8, 4) is 5.75 Å². The van der Waals surface area contributed by atoms with Crippen molar-refractivity contribution in [3.05, 3.63) is 70.4 Å². The normalized spacial score (nSPS) is 13.9. The van der Waals surface area contributed by atoms with Gasteiger partial charge in [-0.3, -0.25) is 14.4 Å². The molecule has 0 atom stereocenters. The van der Waals surface area contributed by atoms with E-state index in [0.717, 1.165) is 25.0 Å². The lowest BCUT2D eigenvalue weighted by Gasteiger charge is -2.24. The number of pyridine rings is 1. The van der Waals surface area contributed by atoms with Crippen LogP contribution in [0.4, 0.5) is 18.9 Å². The number of nitrogens with one attached hydrogen (secondary N) is 2. The van der Waals surface area contributed by atoms with Crippen LogP contribution in [-0.4, -0.2) is 34.3 Å². The average molecular weight is 551 g/mol. The summed E-state index contributed by atoms with van der Waals surface area (Å²) in [5, 5.41) is 6.53. The molecule has 3 rings (SSSR count). The van der Waals surface area contributed by atoms with Gasteiger partial charge < -0.3 is 30.7 Å². The maximum atomic E-state index is 12.4. The Morgan fingerprint density at radius 3 is 2.62 bits per heavy atom. The maximum Gasteiger partial charge on any atom is 0.573 e. The summed E-state index contributed by atoms with van der Waals surface area (Å²) in [7, 11) is 0. The molecular formula is C26H33F3N6O4. The molecule has 1 aromatic heterocycles. The van der Waals surface area contributed by atoms with E-state index in [9.17, 15) is 27.6 Å². The molecule has 39 heavy (non-hydrogen) atoms. The number of hydrogen-bond acceptors (Lipinski definition) is 7. The topological polar surface area (TPSA) is 145 Å². The van der Waals surface area contributed by atoms with Crippen LogP contribution >= 0.6 is 0 Å². The Hall–Kier alpha value is -4.00. The fourth-order valence-electron chi connectivity index (χ4n) is 3.96. The lowest BCUT2D eigenvalue weighted by atomic mass is 9.83. The van der Waals surface area contributed by atoms with Crippen LogP contribution in [-0.2, 0) is 22.7 Å². The van der Waals surface area contributed by atoms with Crippen molar-refractivity contribution in [2.45, 2.75) is 58.0 Å². The number of hydrogen-bond donors (Lipinski definition) is 4. The van der Waals surface area contributed by atoms with Crippen LogP contribution < -0.4 is 32.5 Å². The minimum absolute atomic E-state index is 0.0647. The summed E-state index contributed by atoms with van der Waals surface area (Å²) in [6.07, 6.45) is 3.10. The maximum absolute atomic E-state index is 12.4. The monoisotopic (exact) mass is 550 g/mol. The predicted molar refractivity (Wildman–Crippen MR) is 139 cm³/mol. The molecule has 212 valence electrons. The molecule has 1 fully saturated rings. The molecule has 1 heterocycles. The van der Waals surface area contributed by atoms with Crippen molar-refractivity contribution in [1.29, 1.82) is 0 Å². The number of aryl methyl sites for hydroxylation is 1. The molecule has 13 heteroatoms. The first-order valence-electron chi connectivity index (χ1n) is 12.6. The second-order valence-electron chi connectivity index (χ2n) is 9.40. The van der Waals surface area contributed by atoms with Crippen LogP contribution in [0.25, 0.3) is 0 Å². The standard InChI is InChI=1S/C26H33F3N6O4/c27-26(28,29)39-21-8-4-7-19(13-21)16-32-25(38)22(30)17-35(31)11-2-1-10-34-12-9-20(15-24(34)37)33-23(36)14-18-5-3-6-18/h4,7-9,12-13,15,17-18H,1-3,5-6,10-11,14,16,30-31H2,(H,32,38)(H,33,36)/b22-17-. The fourth-order valence-corrected chi connectivity index (χ4v) is 3.96. The molecule has 1 aliphatic rings. The second-order valence-corrected chi connectivity index (χ2v) is 9.40. The summed E-state index contributed by atoms with van der Waals surface area (Å²) in [5.74, 6) is 5.22. The Balaban J connectivity index is 1.37. The number of anilines is 1. The van der Waals surface area contributed by atoms with Crippen molar-refractivity contribution in [2.75, 3.05) is 11.9 Å². The van der Waals surface area contributed by atoms with Gasteiger partial charge in [-0.2, -0.15) is 0 Å². The number of ether oxygens (including phenoxy) is 1. The number of alkyl halides is 3. The molecular weight excluding hydrogens is 517 g/mol. The quantitative estimate of drug-likeness (QED) is 0.130. The molecule has 0 spiro atoms. The van der Waals surface area contributed by atoms with Gasteiger partial charge in [0, 0.05) is 50.2 Å². The van der Waals surface area contributed by atoms with Gasteiger partial charge in [-0.05, 0) is 55.4 Å². The molecule has 2 amide bonds. The number of benzene rings is 1. The first kappa shape index (κ1) is 29.6. The molecule has 0 unspecified atom stereocenters. The second kappa shape index (κ2) is 13.7. The molecule has 2 aromatic rings. The van der Waals surface area contributed by atoms with Crippen molar-refractivity contribution < 1.29 is 27.5 Å². The smallest absolute Gasteiger partial charge is 0.406 e. The Kier molecular flexibility index (Phi) is 10.4. The molecule has 0 aliphatic heterocycles. The zero-order valence-electron chi connectivity index (χ0n) is 21.4. The van der Waals surface area contributed by atoms with Gasteiger partial charge in [0.2, 0.25) is 5.91 Å². The van der Waals surface area contributed by atoms with Crippen LogP contribution in [0.1, 0.15) is 44.1 Å². The van der Waals surface area contributed by atoms with E-state index in [1.807, 2.05) is 0 Å². The predicted octanol–water partition coefficient (Wildman–Crippen LogP) is 2.95. The average Bonchev–Trinajstić information content (AvgIpc) is 2.83. The van der Waals surface area contributed by atoms with E-state index in [0.29, 0.717) is 49.5 Å². The third kappa shape index (κ3) is 10.3. The summed E-state index contributed by atoms with van der Waals surface area (Å²) in [6.45, 7) is 0.735. The molecule has 10 nitrogen and oxygen atoms in total. The minimum atomic E-state index is -4.81. The highest BCUT2D eigenvalue weighted by molar-refractivity contribution is 5.92. The van der Waals surface area contributed by atoms with Crippen LogP contribution in [0.3, 0.4) is 0 Å². The number of nitrogens with zero attached hydrogens (tertiary/aromatic N) is 2. The van der Waals surface area contributed by atoms with E-state index in [-0.39, 0.29) is 23.7 Å². The van der Waals surface area contributed by atoms with E-state index < -0.39 is 18.0 Å². The number of rotatable bonds is 13. The molecule has 1 aliphatic carbocycles. The molecule has 1 saturated carbocycles. The highest BCUT2D eigenvalue weighted by Crippen LogP contribution is 2.29. The number of nitrogens with two attached hydrogens (primary N) is 2. The zero-order chi connectivity index (χ0) is 28.4. The van der Waals surface area contributed by atoms with E-state index in [1.165, 1.54) is 40.4 Å². The van der Waals surface area contributed by atoms with Crippen molar-refractivity contribution in [2.24, 2.45) is 17.5 Å². The molecule has 1 aromatic carbocycles. The van der Waals surface area contributed by atoms with Crippen LogP contribution in [0.15, 0.2) is 59.3 Å². The third-order valence-electron chi connectivity index (χ3n) is 6.20. The van der Waals surface area contributed by atoms with Gasteiger partial charge in [0.15, 0.2) is 0 Å². The van der Waals surface area contributed by atoms with E-state index in [2.05, 4.69) is 15.4 Å². The van der Waals surface area contributed by atoms with Gasteiger partial charge >= 0.3 is 6.36 Å². The fraction of sp³-hybridized carbons (Fsp3) is 0.423. The number of unbranched alkanes of at least 4 members (excludes halogenated alkanes) is 1. The Bertz CT molecular complexity index is 1230. The Morgan fingerprint density at radius 1 is 1.18 bits per heavy atom. The van der Waals surface area contributed by atoms with Crippen molar-refractivity contribution >= 4 is 17.5 Å². The molecule has 0 saturated heterocycles. The van der Waals surface area contributed by atoms with Crippen LogP contribution in [0.2, 0.25) is 0 Å². The number of carbonyl (C=O) groups is 2. The molecule has 0 radical (unpaired) electrons. The first-order chi connectivity index (χ1) is 18.5. The first-order valence-corrected chi connectivity index (χ1v) is 12.6. The van der Waals surface area contributed by atoms with E-state index in [4.69, 9.17) is 11.6 Å². The SMILES string of the molecule is N/C(=C\N(N)CCCCn1ccc(NC(=O)CC2CCC2)cc1=O)C(=O)NCc1cccc(OC(F)(F)F)c1. The number of amides is 2. The highest BCUT2D eigenvalue weighted by Gasteiger charge is 2.31. The Labute approximate surface area is 223 Å². The summed E-state index contributed by atoms with van der Waals surface area (Å²) >= 11 is 0. The highest BCUT2D eigenvalue weighted by atomic mass is 19.4. The van der Waals surface area contributed by atoms with Crippen molar-refractivity contribution in [3.63, 3.8) is 0 Å². The van der Waals surface area contributed by atoms with Gasteiger partial charge in [-0.25, -0.2) is 5.84 Å². The number of halogens is 3. The van der Waals surface area contributed by atoms with Crippen LogP contribution in [0.5, 0.6) is 5.75 Å². The van der Waals surface area contributed by atoms with Crippen molar-refractivity contribution in [1.82, 2.24) is 14.9 Å². The third-order valence-corrected chi connectivity index (χ3v) is 6.20. The minimum Gasteiger partial charge on any atom is -0.406 e. The zero-order valence-corrected chi connectivity index (χ0v) is 21.4. The molecule has 6 N–H and O–H groups in total. The van der Waals surface area contributed by atoms with Gasteiger partial charge in [-0.1, -0.05) is 18.6 Å². The number of hydrazine groups is 1. The lowest BCUT2D eigenvalue weighted by molar-refractivity contribution is -0.274. The summed E-state index contributed by atoms with van der Waals surface area (Å²) in [5.41, 5.74) is 6.25. The Morgan fingerprint density at radius 2 is 1.95 bits per heavy atom. The summed E-state index contributed by atoms with van der Waals surface area (Å²) in [6, 6.07) is 8.31. The number of aromatic nitrogens is 1. The molecule has 0 bridgehead atoms. The summed E-state index contributed by atoms with van der Waals surface area (Å²) in [4.78, 5) is 36.6. The lowest BCUT2D eigenvalue weighted by Crippen LogP contribution is -2.33. The van der Waals surface area contributed by atoms with E-state index >= 15 is 0 Å².